The van der Waals surface area contributed by atoms with E-state index in [0.29, 0.717) is 24.9 Å². The molecule has 0 radical (unpaired) electrons. The van der Waals surface area contributed by atoms with E-state index >= 15 is 0 Å². The van der Waals surface area contributed by atoms with Crippen LogP contribution in [0.5, 0.6) is 0 Å². The summed E-state index contributed by atoms with van der Waals surface area (Å²) in [6, 6.07) is 0.233. The molecule has 17 heavy (non-hydrogen) atoms. The summed E-state index contributed by atoms with van der Waals surface area (Å²) in [4.78, 5) is 12.5. The van der Waals surface area contributed by atoms with Crippen molar-refractivity contribution in [1.29, 1.82) is 0 Å². The second kappa shape index (κ2) is 5.49. The normalized spacial score (nSPS) is 42.6. The van der Waals surface area contributed by atoms with E-state index in [0.717, 1.165) is 18.8 Å². The lowest BCUT2D eigenvalue weighted by molar-refractivity contribution is -0.129. The van der Waals surface area contributed by atoms with Gasteiger partial charge in [0.1, 0.15) is 5.78 Å². The van der Waals surface area contributed by atoms with Crippen LogP contribution < -0.4 is 5.32 Å². The van der Waals surface area contributed by atoms with Crippen molar-refractivity contribution in [1.82, 2.24) is 5.32 Å². The first kappa shape index (κ1) is 13.0. The summed E-state index contributed by atoms with van der Waals surface area (Å²) >= 11 is 0. The third kappa shape index (κ3) is 2.71. The first-order chi connectivity index (χ1) is 8.13. The van der Waals surface area contributed by atoms with E-state index in [9.17, 15) is 4.79 Å². The third-order valence-corrected chi connectivity index (χ3v) is 4.82. The lowest BCUT2D eigenvalue weighted by Crippen LogP contribution is -2.41. The van der Waals surface area contributed by atoms with E-state index in [1.807, 2.05) is 7.05 Å². The molecule has 2 fully saturated rings. The molecular formula is C14H25NO2. The molecular weight excluding hydrogens is 214 g/mol. The Morgan fingerprint density at radius 1 is 1.18 bits per heavy atom. The van der Waals surface area contributed by atoms with Crippen LogP contribution in [0, 0.1) is 23.7 Å². The average Bonchev–Trinajstić information content (AvgIpc) is 2.80. The number of hydrogen-bond acceptors (Lipinski definition) is 3. The van der Waals surface area contributed by atoms with Gasteiger partial charge in [0.15, 0.2) is 0 Å². The summed E-state index contributed by atoms with van der Waals surface area (Å²) < 4.78 is 5.44. The van der Waals surface area contributed by atoms with Crippen molar-refractivity contribution in [3.05, 3.63) is 0 Å². The number of hydrogen-bond donors (Lipinski definition) is 1. The largest absolute Gasteiger partial charge is 0.379 e. The number of ketones is 1. The van der Waals surface area contributed by atoms with Crippen LogP contribution >= 0.6 is 0 Å². The van der Waals surface area contributed by atoms with Gasteiger partial charge in [-0.3, -0.25) is 4.79 Å². The maximum atomic E-state index is 12.5. The van der Waals surface area contributed by atoms with Crippen molar-refractivity contribution in [3.63, 3.8) is 0 Å². The standard InChI is InChI=1S/C14H25NO2/c1-9-4-5-11(6-10(9)2)14(16)12-7-17-8-13(12)15-3/h9-13,15H,4-8H2,1-3H3. The maximum Gasteiger partial charge on any atom is 0.143 e. The fraction of sp³-hybridized carbons (Fsp3) is 0.929. The van der Waals surface area contributed by atoms with Crippen LogP contribution in [0.15, 0.2) is 0 Å². The average molecular weight is 239 g/mol. The van der Waals surface area contributed by atoms with Gasteiger partial charge in [0.05, 0.1) is 19.1 Å². The Morgan fingerprint density at radius 3 is 2.59 bits per heavy atom. The number of nitrogens with one attached hydrogen (secondary N) is 1. The second-order valence-corrected chi connectivity index (χ2v) is 5.91. The zero-order valence-corrected chi connectivity index (χ0v) is 11.2. The molecule has 0 aromatic heterocycles. The molecule has 3 heteroatoms. The first-order valence-electron chi connectivity index (χ1n) is 6.92. The highest BCUT2D eigenvalue weighted by atomic mass is 16.5. The highest BCUT2D eigenvalue weighted by molar-refractivity contribution is 5.84. The fourth-order valence-electron chi connectivity index (χ4n) is 3.23. The summed E-state index contributed by atoms with van der Waals surface area (Å²) in [6.45, 7) is 5.89. The number of likely N-dealkylation sites (N-methyl/N-ethyl adjacent to an activating group) is 1. The van der Waals surface area contributed by atoms with E-state index in [1.165, 1.54) is 6.42 Å². The van der Waals surface area contributed by atoms with E-state index in [1.54, 1.807) is 0 Å². The smallest absolute Gasteiger partial charge is 0.143 e. The summed E-state index contributed by atoms with van der Waals surface area (Å²) in [5.74, 6) is 2.28. The summed E-state index contributed by atoms with van der Waals surface area (Å²) in [6.07, 6.45) is 3.36. The SMILES string of the molecule is CNC1COCC1C(=O)C1CCC(C)C(C)C1. The lowest BCUT2D eigenvalue weighted by Gasteiger charge is -2.33. The molecule has 0 spiro atoms. The molecule has 2 rings (SSSR count). The van der Waals surface area contributed by atoms with Crippen LogP contribution in [0.1, 0.15) is 33.1 Å². The first-order valence-corrected chi connectivity index (χ1v) is 6.92. The van der Waals surface area contributed by atoms with E-state index in [-0.39, 0.29) is 17.9 Å². The van der Waals surface area contributed by atoms with Crippen LogP contribution in [-0.2, 0) is 9.53 Å². The predicted molar refractivity (Wildman–Crippen MR) is 67.8 cm³/mol. The summed E-state index contributed by atoms with van der Waals surface area (Å²) in [5, 5.41) is 3.21. The van der Waals surface area contributed by atoms with Gasteiger partial charge in [-0.15, -0.1) is 0 Å². The van der Waals surface area contributed by atoms with Crippen molar-refractivity contribution in [2.75, 3.05) is 20.3 Å². The summed E-state index contributed by atoms with van der Waals surface area (Å²) in [5.41, 5.74) is 0. The molecule has 2 aliphatic rings. The molecule has 1 aliphatic carbocycles. The van der Waals surface area contributed by atoms with E-state index in [2.05, 4.69) is 19.2 Å². The molecule has 1 saturated heterocycles. The Hall–Kier alpha value is -0.410. The minimum absolute atomic E-state index is 0.0885. The molecule has 1 heterocycles. The molecule has 5 atom stereocenters. The van der Waals surface area contributed by atoms with Crippen molar-refractivity contribution < 1.29 is 9.53 Å². The summed E-state index contributed by atoms with van der Waals surface area (Å²) in [7, 11) is 1.92. The van der Waals surface area contributed by atoms with Gasteiger partial charge in [-0.05, 0) is 38.1 Å². The van der Waals surface area contributed by atoms with Crippen LogP contribution in [0.25, 0.3) is 0 Å². The van der Waals surface area contributed by atoms with Gasteiger partial charge < -0.3 is 10.1 Å². The number of rotatable bonds is 3. The Bertz CT molecular complexity index is 279. The monoisotopic (exact) mass is 239 g/mol. The van der Waals surface area contributed by atoms with E-state index < -0.39 is 0 Å². The van der Waals surface area contributed by atoms with Crippen LogP contribution in [-0.4, -0.2) is 32.1 Å². The van der Waals surface area contributed by atoms with Crippen molar-refractivity contribution in [3.8, 4) is 0 Å². The van der Waals surface area contributed by atoms with Gasteiger partial charge in [0.25, 0.3) is 0 Å². The molecule has 1 saturated carbocycles. The van der Waals surface area contributed by atoms with Gasteiger partial charge in [0.2, 0.25) is 0 Å². The quantitative estimate of drug-likeness (QED) is 0.817. The third-order valence-electron chi connectivity index (χ3n) is 4.82. The molecule has 1 aliphatic heterocycles. The predicted octanol–water partition coefficient (Wildman–Crippen LogP) is 1.86. The molecule has 3 nitrogen and oxygen atoms in total. The number of carbonyl (C=O) groups is 1. The minimum atomic E-state index is 0.0885. The van der Waals surface area contributed by atoms with Gasteiger partial charge in [0, 0.05) is 12.0 Å². The lowest BCUT2D eigenvalue weighted by atomic mass is 9.72. The minimum Gasteiger partial charge on any atom is -0.379 e. The van der Waals surface area contributed by atoms with Crippen LogP contribution in [0.3, 0.4) is 0 Å². The van der Waals surface area contributed by atoms with Crippen molar-refractivity contribution >= 4 is 5.78 Å². The molecule has 0 amide bonds. The molecule has 0 bridgehead atoms. The van der Waals surface area contributed by atoms with Crippen LogP contribution in [0.4, 0.5) is 0 Å². The molecule has 98 valence electrons. The van der Waals surface area contributed by atoms with Gasteiger partial charge in [-0.2, -0.15) is 0 Å². The second-order valence-electron chi connectivity index (χ2n) is 5.91. The Morgan fingerprint density at radius 2 is 1.94 bits per heavy atom. The van der Waals surface area contributed by atoms with Crippen LogP contribution in [0.2, 0.25) is 0 Å². The Kier molecular flexibility index (Phi) is 4.21. The topological polar surface area (TPSA) is 38.3 Å². The molecule has 0 aromatic rings. The molecule has 0 aromatic carbocycles. The van der Waals surface area contributed by atoms with Crippen molar-refractivity contribution in [2.24, 2.45) is 23.7 Å². The molecule has 5 unspecified atom stereocenters. The maximum absolute atomic E-state index is 12.5. The van der Waals surface area contributed by atoms with Gasteiger partial charge in [-0.25, -0.2) is 0 Å². The number of carbonyl (C=O) groups excluding carboxylic acids is 1. The Balaban J connectivity index is 1.95. The number of Topliss-reactive ketones (excluding diaryl/α,β-unsaturated/α-hetero) is 1. The highest BCUT2D eigenvalue weighted by Gasteiger charge is 2.38. The van der Waals surface area contributed by atoms with Gasteiger partial charge >= 0.3 is 0 Å². The van der Waals surface area contributed by atoms with E-state index in [4.69, 9.17) is 4.74 Å². The highest BCUT2D eigenvalue weighted by Crippen LogP contribution is 2.36. The number of ether oxygens (including phenoxy) is 1. The van der Waals surface area contributed by atoms with Gasteiger partial charge in [-0.1, -0.05) is 13.8 Å². The fourth-order valence-corrected chi connectivity index (χ4v) is 3.23. The van der Waals surface area contributed by atoms with Crippen molar-refractivity contribution in [2.45, 2.75) is 39.2 Å². The zero-order chi connectivity index (χ0) is 12.4. The Labute approximate surface area is 104 Å². The molecule has 1 N–H and O–H groups in total. The zero-order valence-electron chi connectivity index (χ0n) is 11.2.